The molecule has 1 fully saturated rings. The molecule has 0 radical (unpaired) electrons. The monoisotopic (exact) mass is 291 g/mol. The Bertz CT molecular complexity index is 529. The molecule has 1 aliphatic rings. The Morgan fingerprint density at radius 1 is 1.43 bits per heavy atom. The molecule has 1 N–H and O–H groups in total. The van der Waals surface area contributed by atoms with Crippen LogP contribution in [0.1, 0.15) is 37.7 Å². The van der Waals surface area contributed by atoms with Crippen molar-refractivity contribution < 1.29 is 19.4 Å². The number of hydrogen-bond acceptors (Lipinski definition) is 3. The van der Waals surface area contributed by atoms with Crippen LogP contribution in [0.25, 0.3) is 0 Å². The van der Waals surface area contributed by atoms with E-state index in [1.807, 2.05) is 31.2 Å². The number of rotatable bonds is 5. The van der Waals surface area contributed by atoms with Crippen LogP contribution in [0.5, 0.6) is 5.75 Å². The van der Waals surface area contributed by atoms with Crippen molar-refractivity contribution in [1.82, 2.24) is 4.90 Å². The van der Waals surface area contributed by atoms with E-state index in [-0.39, 0.29) is 11.8 Å². The van der Waals surface area contributed by atoms with Crippen molar-refractivity contribution in [3.63, 3.8) is 0 Å². The van der Waals surface area contributed by atoms with E-state index < -0.39 is 12.0 Å². The van der Waals surface area contributed by atoms with Crippen LogP contribution < -0.4 is 4.74 Å². The van der Waals surface area contributed by atoms with Crippen molar-refractivity contribution in [2.45, 2.75) is 38.1 Å². The maximum Gasteiger partial charge on any atom is 0.326 e. The molecule has 0 saturated carbocycles. The van der Waals surface area contributed by atoms with Gasteiger partial charge in [0.15, 0.2) is 0 Å². The fourth-order valence-corrected chi connectivity index (χ4v) is 2.88. The molecule has 1 aromatic carbocycles. The number of hydrogen-bond donors (Lipinski definition) is 1. The minimum Gasteiger partial charge on any atom is -0.496 e. The highest BCUT2D eigenvalue weighted by Gasteiger charge is 2.34. The lowest BCUT2D eigenvalue weighted by Crippen LogP contribution is -2.40. The lowest BCUT2D eigenvalue weighted by Gasteiger charge is -2.23. The zero-order chi connectivity index (χ0) is 15.4. The number of amides is 1. The smallest absolute Gasteiger partial charge is 0.326 e. The summed E-state index contributed by atoms with van der Waals surface area (Å²) in [5.41, 5.74) is 0.972. The number of para-hydroxylation sites is 1. The molecule has 2 rings (SSSR count). The highest BCUT2D eigenvalue weighted by atomic mass is 16.5. The van der Waals surface area contributed by atoms with Crippen molar-refractivity contribution in [2.24, 2.45) is 0 Å². The fraction of sp³-hybridized carbons (Fsp3) is 0.500. The summed E-state index contributed by atoms with van der Waals surface area (Å²) >= 11 is 0. The standard InChI is InChI=1S/C16H21NO4/c1-11(12-6-3-4-8-14(12)21-2)10-15(18)17-9-5-7-13(17)16(19)20/h3-4,6,8,11,13H,5,7,9-10H2,1-2H3,(H,19,20)/t11-,13-/m0/s1. The van der Waals surface area contributed by atoms with Gasteiger partial charge in [0.2, 0.25) is 5.91 Å². The van der Waals surface area contributed by atoms with Gasteiger partial charge in [0.05, 0.1) is 7.11 Å². The maximum atomic E-state index is 12.4. The van der Waals surface area contributed by atoms with Crippen LogP contribution >= 0.6 is 0 Å². The number of carbonyl (C=O) groups excluding carboxylic acids is 1. The minimum absolute atomic E-state index is 0.0105. The van der Waals surface area contributed by atoms with Crippen molar-refractivity contribution in [1.29, 1.82) is 0 Å². The summed E-state index contributed by atoms with van der Waals surface area (Å²) in [5, 5.41) is 9.15. The Hall–Kier alpha value is -2.04. The minimum atomic E-state index is -0.911. The first kappa shape index (κ1) is 15.4. The van der Waals surface area contributed by atoms with Crippen LogP contribution in [0, 0.1) is 0 Å². The molecular formula is C16H21NO4. The van der Waals surface area contributed by atoms with Crippen LogP contribution in [0.4, 0.5) is 0 Å². The third kappa shape index (κ3) is 3.35. The van der Waals surface area contributed by atoms with Gasteiger partial charge in [-0.25, -0.2) is 4.79 Å². The molecule has 5 nitrogen and oxygen atoms in total. The number of carboxylic acids is 1. The molecule has 114 valence electrons. The molecule has 5 heteroatoms. The maximum absolute atomic E-state index is 12.4. The number of methoxy groups -OCH3 is 1. The highest BCUT2D eigenvalue weighted by molar-refractivity contribution is 5.84. The van der Waals surface area contributed by atoms with Gasteiger partial charge in [0, 0.05) is 13.0 Å². The number of aliphatic carboxylic acids is 1. The van der Waals surface area contributed by atoms with Crippen LogP contribution in [0.2, 0.25) is 0 Å². The van der Waals surface area contributed by atoms with Gasteiger partial charge in [-0.05, 0) is 30.4 Å². The number of ether oxygens (including phenoxy) is 1. The number of benzene rings is 1. The summed E-state index contributed by atoms with van der Waals surface area (Å²) in [6, 6.07) is 6.94. The van der Waals surface area contributed by atoms with Crippen LogP contribution in [-0.2, 0) is 9.59 Å². The van der Waals surface area contributed by atoms with Crippen LogP contribution in [0.3, 0.4) is 0 Å². The molecule has 0 bridgehead atoms. The van der Waals surface area contributed by atoms with Crippen molar-refractivity contribution in [2.75, 3.05) is 13.7 Å². The third-order valence-corrected chi connectivity index (χ3v) is 4.01. The highest BCUT2D eigenvalue weighted by Crippen LogP contribution is 2.30. The predicted octanol–water partition coefficient (Wildman–Crippen LogP) is 2.26. The van der Waals surface area contributed by atoms with Gasteiger partial charge in [-0.2, -0.15) is 0 Å². The molecule has 0 unspecified atom stereocenters. The second-order valence-corrected chi connectivity index (χ2v) is 5.43. The van der Waals surface area contributed by atoms with Crippen LogP contribution in [-0.4, -0.2) is 41.6 Å². The molecule has 2 atom stereocenters. The zero-order valence-electron chi connectivity index (χ0n) is 12.4. The molecule has 0 spiro atoms. The van der Waals surface area contributed by atoms with E-state index in [0.29, 0.717) is 19.4 Å². The quantitative estimate of drug-likeness (QED) is 0.903. The Labute approximate surface area is 124 Å². The van der Waals surface area contributed by atoms with E-state index in [2.05, 4.69) is 0 Å². The Morgan fingerprint density at radius 2 is 2.14 bits per heavy atom. The molecule has 1 aliphatic heterocycles. The molecule has 0 aliphatic carbocycles. The lowest BCUT2D eigenvalue weighted by atomic mass is 9.96. The number of likely N-dealkylation sites (tertiary alicyclic amines) is 1. The van der Waals surface area contributed by atoms with Gasteiger partial charge in [0.25, 0.3) is 0 Å². The van der Waals surface area contributed by atoms with E-state index in [1.54, 1.807) is 7.11 Å². The van der Waals surface area contributed by atoms with E-state index in [0.717, 1.165) is 17.7 Å². The van der Waals surface area contributed by atoms with Gasteiger partial charge in [-0.15, -0.1) is 0 Å². The van der Waals surface area contributed by atoms with E-state index in [1.165, 1.54) is 4.90 Å². The van der Waals surface area contributed by atoms with Gasteiger partial charge >= 0.3 is 5.97 Å². The molecule has 1 heterocycles. The summed E-state index contributed by atoms with van der Waals surface area (Å²) in [6.07, 6.45) is 1.60. The first-order valence-corrected chi connectivity index (χ1v) is 7.19. The normalized spacial score (nSPS) is 19.3. The summed E-state index contributed by atoms with van der Waals surface area (Å²) < 4.78 is 5.31. The van der Waals surface area contributed by atoms with Crippen molar-refractivity contribution >= 4 is 11.9 Å². The van der Waals surface area contributed by atoms with E-state index in [9.17, 15) is 9.59 Å². The lowest BCUT2D eigenvalue weighted by molar-refractivity contribution is -0.148. The molecule has 1 saturated heterocycles. The van der Waals surface area contributed by atoms with Crippen LogP contribution in [0.15, 0.2) is 24.3 Å². The summed E-state index contributed by atoms with van der Waals surface area (Å²) in [5.74, 6) is -0.262. The molecule has 0 aromatic heterocycles. The number of carboxylic acid groups (broad SMARTS) is 1. The average Bonchev–Trinajstić information content (AvgIpc) is 2.96. The second kappa shape index (κ2) is 6.61. The Balaban J connectivity index is 2.07. The topological polar surface area (TPSA) is 66.8 Å². The number of nitrogens with zero attached hydrogens (tertiary/aromatic N) is 1. The van der Waals surface area contributed by atoms with Crippen molar-refractivity contribution in [3.8, 4) is 5.75 Å². The van der Waals surface area contributed by atoms with E-state index in [4.69, 9.17) is 9.84 Å². The zero-order valence-corrected chi connectivity index (χ0v) is 12.4. The molecular weight excluding hydrogens is 270 g/mol. The Kier molecular flexibility index (Phi) is 4.83. The Morgan fingerprint density at radius 3 is 2.81 bits per heavy atom. The molecule has 21 heavy (non-hydrogen) atoms. The van der Waals surface area contributed by atoms with Gasteiger partial charge < -0.3 is 14.7 Å². The first-order chi connectivity index (χ1) is 10.0. The summed E-state index contributed by atoms with van der Waals surface area (Å²) in [7, 11) is 1.61. The SMILES string of the molecule is COc1ccccc1[C@@H](C)CC(=O)N1CCC[C@H]1C(=O)O. The summed E-state index contributed by atoms with van der Waals surface area (Å²) in [6.45, 7) is 2.50. The van der Waals surface area contributed by atoms with Gasteiger partial charge in [-0.1, -0.05) is 25.1 Å². The predicted molar refractivity (Wildman–Crippen MR) is 78.4 cm³/mol. The molecule has 1 amide bonds. The largest absolute Gasteiger partial charge is 0.496 e. The first-order valence-electron chi connectivity index (χ1n) is 7.19. The van der Waals surface area contributed by atoms with Crippen molar-refractivity contribution in [3.05, 3.63) is 29.8 Å². The average molecular weight is 291 g/mol. The van der Waals surface area contributed by atoms with Gasteiger partial charge in [0.1, 0.15) is 11.8 Å². The second-order valence-electron chi connectivity index (χ2n) is 5.43. The fourth-order valence-electron chi connectivity index (χ4n) is 2.88. The third-order valence-electron chi connectivity index (χ3n) is 4.01. The van der Waals surface area contributed by atoms with E-state index >= 15 is 0 Å². The number of carbonyl (C=O) groups is 2. The molecule has 1 aromatic rings. The van der Waals surface area contributed by atoms with Gasteiger partial charge in [-0.3, -0.25) is 4.79 Å². The summed E-state index contributed by atoms with van der Waals surface area (Å²) in [4.78, 5) is 25.0.